The van der Waals surface area contributed by atoms with Crippen molar-refractivity contribution < 1.29 is 18.9 Å². The summed E-state index contributed by atoms with van der Waals surface area (Å²) >= 11 is 1.21. The third-order valence-electron chi connectivity index (χ3n) is 3.41. The number of hydrogen-bond acceptors (Lipinski definition) is 6. The van der Waals surface area contributed by atoms with Gasteiger partial charge in [0.1, 0.15) is 5.76 Å². The van der Waals surface area contributed by atoms with Gasteiger partial charge in [0.2, 0.25) is 17.7 Å². The smallest absolute Gasteiger partial charge is 0.248 e. The molecule has 0 saturated heterocycles. The zero-order chi connectivity index (χ0) is 19.1. The number of carbonyl (C=O) groups excluding carboxylic acids is 3. The van der Waals surface area contributed by atoms with Crippen LogP contribution in [0.3, 0.4) is 0 Å². The van der Waals surface area contributed by atoms with E-state index in [0.717, 1.165) is 5.56 Å². The number of aromatic nitrogens is 1. The van der Waals surface area contributed by atoms with Crippen molar-refractivity contribution in [3.8, 4) is 0 Å². The van der Waals surface area contributed by atoms with Crippen LogP contribution >= 0.6 is 11.8 Å². The SMILES string of the molecule is Cc1cc(NC(=O)C(C)SCC(=O)NCc2cccc(C(N)=O)c2)no1. The zero-order valence-corrected chi connectivity index (χ0v) is 15.3. The van der Waals surface area contributed by atoms with Crippen molar-refractivity contribution >= 4 is 35.3 Å². The summed E-state index contributed by atoms with van der Waals surface area (Å²) in [6.07, 6.45) is 0. The molecular formula is C17H20N4O4S. The number of primary amides is 1. The molecule has 0 bridgehead atoms. The van der Waals surface area contributed by atoms with E-state index in [9.17, 15) is 14.4 Å². The number of nitrogens with two attached hydrogens (primary N) is 1. The van der Waals surface area contributed by atoms with Gasteiger partial charge in [0.05, 0.1) is 11.0 Å². The van der Waals surface area contributed by atoms with Crippen molar-refractivity contribution in [2.45, 2.75) is 25.6 Å². The van der Waals surface area contributed by atoms with E-state index >= 15 is 0 Å². The molecule has 1 aromatic carbocycles. The molecule has 1 unspecified atom stereocenters. The average molecular weight is 376 g/mol. The molecule has 0 radical (unpaired) electrons. The van der Waals surface area contributed by atoms with Crippen LogP contribution in [0.5, 0.6) is 0 Å². The number of nitrogens with one attached hydrogen (secondary N) is 2. The highest BCUT2D eigenvalue weighted by atomic mass is 32.2. The molecule has 1 aromatic heterocycles. The van der Waals surface area contributed by atoms with Crippen LogP contribution in [0.25, 0.3) is 0 Å². The number of hydrogen-bond donors (Lipinski definition) is 3. The first-order valence-corrected chi connectivity index (χ1v) is 8.91. The Morgan fingerprint density at radius 3 is 2.73 bits per heavy atom. The van der Waals surface area contributed by atoms with Gasteiger partial charge in [0.25, 0.3) is 0 Å². The van der Waals surface area contributed by atoms with Crippen molar-refractivity contribution in [1.29, 1.82) is 0 Å². The van der Waals surface area contributed by atoms with Gasteiger partial charge in [-0.05, 0) is 31.5 Å². The molecule has 0 saturated carbocycles. The van der Waals surface area contributed by atoms with Crippen LogP contribution in [0.1, 0.15) is 28.6 Å². The number of rotatable bonds is 8. The molecule has 0 aliphatic heterocycles. The van der Waals surface area contributed by atoms with Gasteiger partial charge in [0, 0.05) is 18.2 Å². The van der Waals surface area contributed by atoms with Crippen LogP contribution in [-0.4, -0.2) is 33.9 Å². The van der Waals surface area contributed by atoms with E-state index in [1.165, 1.54) is 11.8 Å². The van der Waals surface area contributed by atoms with Crippen LogP contribution < -0.4 is 16.4 Å². The molecule has 1 atom stereocenters. The summed E-state index contributed by atoms with van der Waals surface area (Å²) in [6, 6.07) is 8.35. The van der Waals surface area contributed by atoms with Crippen molar-refractivity contribution in [3.63, 3.8) is 0 Å². The Balaban J connectivity index is 1.74. The Morgan fingerprint density at radius 2 is 2.08 bits per heavy atom. The Morgan fingerprint density at radius 1 is 1.31 bits per heavy atom. The molecule has 8 nitrogen and oxygen atoms in total. The lowest BCUT2D eigenvalue weighted by molar-refractivity contribution is -0.118. The van der Waals surface area contributed by atoms with Crippen molar-refractivity contribution in [2.75, 3.05) is 11.1 Å². The molecule has 0 spiro atoms. The van der Waals surface area contributed by atoms with E-state index in [1.54, 1.807) is 44.2 Å². The summed E-state index contributed by atoms with van der Waals surface area (Å²) in [4.78, 5) is 35.1. The summed E-state index contributed by atoms with van der Waals surface area (Å²) in [5.74, 6) is 0.0822. The van der Waals surface area contributed by atoms with Crippen LogP contribution in [0, 0.1) is 6.92 Å². The summed E-state index contributed by atoms with van der Waals surface area (Å²) in [6.45, 7) is 3.71. The lowest BCUT2D eigenvalue weighted by Crippen LogP contribution is -2.28. The normalized spacial score (nSPS) is 11.6. The van der Waals surface area contributed by atoms with E-state index in [0.29, 0.717) is 17.1 Å². The minimum absolute atomic E-state index is 0.127. The van der Waals surface area contributed by atoms with Gasteiger partial charge >= 0.3 is 0 Å². The van der Waals surface area contributed by atoms with Gasteiger partial charge in [-0.2, -0.15) is 0 Å². The molecule has 3 amide bonds. The minimum Gasteiger partial charge on any atom is -0.366 e. The summed E-state index contributed by atoms with van der Waals surface area (Å²) in [7, 11) is 0. The highest BCUT2D eigenvalue weighted by Crippen LogP contribution is 2.14. The first kappa shape index (κ1) is 19.5. The van der Waals surface area contributed by atoms with E-state index in [4.69, 9.17) is 10.3 Å². The molecule has 0 aliphatic rings. The Kier molecular flexibility index (Phi) is 6.79. The van der Waals surface area contributed by atoms with Crippen molar-refractivity contribution in [1.82, 2.24) is 10.5 Å². The second-order valence-electron chi connectivity index (χ2n) is 5.61. The van der Waals surface area contributed by atoms with Gasteiger partial charge in [-0.1, -0.05) is 17.3 Å². The van der Waals surface area contributed by atoms with Gasteiger partial charge in [-0.25, -0.2) is 0 Å². The second-order valence-corrected chi connectivity index (χ2v) is 6.94. The quantitative estimate of drug-likeness (QED) is 0.640. The number of thioether (sulfide) groups is 1. The largest absolute Gasteiger partial charge is 0.366 e. The van der Waals surface area contributed by atoms with Gasteiger partial charge in [0.15, 0.2) is 5.82 Å². The highest BCUT2D eigenvalue weighted by Gasteiger charge is 2.16. The third-order valence-corrected chi connectivity index (χ3v) is 4.56. The summed E-state index contributed by atoms with van der Waals surface area (Å²) in [5.41, 5.74) is 6.39. The van der Waals surface area contributed by atoms with E-state index in [-0.39, 0.29) is 24.1 Å². The predicted octanol–water partition coefficient (Wildman–Crippen LogP) is 1.46. The second kappa shape index (κ2) is 9.04. The fourth-order valence-electron chi connectivity index (χ4n) is 2.02. The molecule has 9 heteroatoms. The lowest BCUT2D eigenvalue weighted by atomic mass is 10.1. The number of carbonyl (C=O) groups is 3. The van der Waals surface area contributed by atoms with Crippen LogP contribution in [0.2, 0.25) is 0 Å². The standard InChI is InChI=1S/C17H20N4O4S/c1-10-6-14(21-25-10)20-17(24)11(2)26-9-15(22)19-8-12-4-3-5-13(7-12)16(18)23/h3-7,11H,8-9H2,1-2H3,(H2,18,23)(H,19,22)(H,20,21,24). The van der Waals surface area contributed by atoms with Gasteiger partial charge in [-0.3, -0.25) is 14.4 Å². The molecule has 26 heavy (non-hydrogen) atoms. The molecule has 0 aliphatic carbocycles. The average Bonchev–Trinajstić information content (AvgIpc) is 3.02. The number of amides is 3. The third kappa shape index (κ3) is 5.92. The Hall–Kier alpha value is -2.81. The Bertz CT molecular complexity index is 806. The molecule has 138 valence electrons. The Labute approximate surface area is 154 Å². The molecular weight excluding hydrogens is 356 g/mol. The number of anilines is 1. The molecule has 2 aromatic rings. The topological polar surface area (TPSA) is 127 Å². The number of aryl methyl sites for hydroxylation is 1. The highest BCUT2D eigenvalue weighted by molar-refractivity contribution is 8.01. The van der Waals surface area contributed by atoms with E-state index in [1.807, 2.05) is 0 Å². The summed E-state index contributed by atoms with van der Waals surface area (Å²) in [5, 5.41) is 8.62. The lowest BCUT2D eigenvalue weighted by Gasteiger charge is -2.11. The maximum Gasteiger partial charge on any atom is 0.248 e. The number of nitrogens with zero attached hydrogens (tertiary/aromatic N) is 1. The van der Waals surface area contributed by atoms with Crippen molar-refractivity contribution in [3.05, 3.63) is 47.2 Å². The molecule has 0 fully saturated rings. The van der Waals surface area contributed by atoms with Gasteiger partial charge < -0.3 is 20.9 Å². The molecule has 2 rings (SSSR count). The van der Waals surface area contributed by atoms with Crippen LogP contribution in [0.15, 0.2) is 34.9 Å². The monoisotopic (exact) mass is 376 g/mol. The number of benzene rings is 1. The first-order valence-electron chi connectivity index (χ1n) is 7.86. The van der Waals surface area contributed by atoms with Crippen LogP contribution in [0.4, 0.5) is 5.82 Å². The maximum atomic E-state index is 12.0. The minimum atomic E-state index is -0.518. The first-order chi connectivity index (χ1) is 12.3. The predicted molar refractivity (Wildman–Crippen MR) is 98.6 cm³/mol. The molecule has 1 heterocycles. The van der Waals surface area contributed by atoms with E-state index < -0.39 is 11.2 Å². The van der Waals surface area contributed by atoms with Crippen molar-refractivity contribution in [2.24, 2.45) is 5.73 Å². The summed E-state index contributed by atoms with van der Waals surface area (Å²) < 4.78 is 4.88. The van der Waals surface area contributed by atoms with Gasteiger partial charge in [-0.15, -0.1) is 11.8 Å². The van der Waals surface area contributed by atoms with E-state index in [2.05, 4.69) is 15.8 Å². The zero-order valence-electron chi connectivity index (χ0n) is 14.4. The maximum absolute atomic E-state index is 12.0. The fraction of sp³-hybridized carbons (Fsp3) is 0.294. The fourth-order valence-corrected chi connectivity index (χ4v) is 2.73. The van der Waals surface area contributed by atoms with Crippen LogP contribution in [-0.2, 0) is 16.1 Å². The molecule has 4 N–H and O–H groups in total.